The number of nitrogens with zero attached hydrogens (tertiary/aromatic N) is 1. The van der Waals surface area contributed by atoms with Gasteiger partial charge in [0.2, 0.25) is 0 Å². The fraction of sp³-hybridized carbons (Fsp3) is 0.160. The molecule has 0 radical (unpaired) electrons. The van der Waals surface area contributed by atoms with Gasteiger partial charge in [0.25, 0.3) is 5.91 Å². The summed E-state index contributed by atoms with van der Waals surface area (Å²) in [6.07, 6.45) is 1.57. The number of hydrogen-bond donors (Lipinski definition) is 0. The van der Waals surface area contributed by atoms with Crippen molar-refractivity contribution >= 4 is 26.8 Å². The summed E-state index contributed by atoms with van der Waals surface area (Å²) in [5.74, 6) is 0.603. The fourth-order valence-electron chi connectivity index (χ4n) is 3.49. The molecule has 32 heavy (non-hydrogen) atoms. The molecule has 0 fully saturated rings. The monoisotopic (exact) mass is 449 g/mol. The Hall–Kier alpha value is -3.58. The molecule has 6 nitrogen and oxygen atoms in total. The van der Waals surface area contributed by atoms with E-state index in [9.17, 15) is 13.2 Å². The Bertz CT molecular complexity index is 1320. The summed E-state index contributed by atoms with van der Waals surface area (Å²) in [7, 11) is -3.64. The molecule has 0 saturated carbocycles. The third-order valence-corrected chi connectivity index (χ3v) is 6.24. The molecule has 0 spiro atoms. The van der Waals surface area contributed by atoms with Gasteiger partial charge in [0.1, 0.15) is 11.5 Å². The maximum absolute atomic E-state index is 13.6. The van der Waals surface area contributed by atoms with Crippen LogP contribution in [0.1, 0.15) is 28.6 Å². The first kappa shape index (κ1) is 21.6. The second-order valence-corrected chi connectivity index (χ2v) is 9.20. The lowest BCUT2D eigenvalue weighted by atomic mass is 10.0. The largest absolute Gasteiger partial charge is 0.467 e. The Morgan fingerprint density at radius 2 is 1.72 bits per heavy atom. The molecular formula is C25H23NO5S. The number of carbonyl (C=O) groups excluding carboxylic acids is 1. The lowest BCUT2D eigenvalue weighted by Crippen LogP contribution is -2.30. The van der Waals surface area contributed by atoms with Gasteiger partial charge in [0.05, 0.1) is 18.6 Å². The van der Waals surface area contributed by atoms with E-state index in [1.54, 1.807) is 35.4 Å². The van der Waals surface area contributed by atoms with Crippen molar-refractivity contribution in [1.29, 1.82) is 0 Å². The molecule has 0 N–H and O–H groups in total. The zero-order valence-corrected chi connectivity index (χ0v) is 18.4. The molecule has 0 atom stereocenters. The molecule has 0 saturated heterocycles. The molecule has 0 bridgehead atoms. The number of benzene rings is 3. The number of amides is 1. The molecule has 0 unspecified atom stereocenters. The first-order valence-corrected chi connectivity index (χ1v) is 11.8. The van der Waals surface area contributed by atoms with Gasteiger partial charge in [-0.3, -0.25) is 4.79 Å². The average molecular weight is 450 g/mol. The van der Waals surface area contributed by atoms with Crippen molar-refractivity contribution in [3.63, 3.8) is 0 Å². The van der Waals surface area contributed by atoms with E-state index >= 15 is 0 Å². The van der Waals surface area contributed by atoms with Gasteiger partial charge < -0.3 is 13.5 Å². The van der Waals surface area contributed by atoms with E-state index in [4.69, 9.17) is 8.60 Å². The smallest absolute Gasteiger partial charge is 0.308 e. The lowest BCUT2D eigenvalue weighted by Gasteiger charge is -2.23. The Morgan fingerprint density at radius 1 is 0.938 bits per heavy atom. The summed E-state index contributed by atoms with van der Waals surface area (Å²) >= 11 is 0. The topological polar surface area (TPSA) is 76.8 Å². The van der Waals surface area contributed by atoms with Gasteiger partial charge in [-0.2, -0.15) is 8.42 Å². The van der Waals surface area contributed by atoms with Gasteiger partial charge in [-0.05, 0) is 53.6 Å². The molecule has 3 aromatic carbocycles. The lowest BCUT2D eigenvalue weighted by molar-refractivity contribution is 0.0719. The van der Waals surface area contributed by atoms with Crippen molar-refractivity contribution in [3.8, 4) is 5.75 Å². The molecule has 1 amide bonds. The van der Waals surface area contributed by atoms with Crippen LogP contribution in [0.15, 0.2) is 89.5 Å². The molecule has 0 aliphatic rings. The predicted octanol–water partition coefficient (Wildman–Crippen LogP) is 5.00. The number of rotatable bonds is 8. The van der Waals surface area contributed by atoms with Crippen molar-refractivity contribution in [2.45, 2.75) is 20.0 Å². The summed E-state index contributed by atoms with van der Waals surface area (Å²) < 4.78 is 34.3. The van der Waals surface area contributed by atoms with Crippen LogP contribution in [0.5, 0.6) is 5.75 Å². The standard InChI is InChI=1S/C25H23NO5S/c1-2-32(28,29)31-21-11-5-8-19(16-21)17-26(18-22-12-7-15-30-22)25(27)24-14-6-10-20-9-3-4-13-23(20)24/h3-16H,2,17-18H2,1H3. The second kappa shape index (κ2) is 9.28. The first-order valence-electron chi connectivity index (χ1n) is 10.3. The summed E-state index contributed by atoms with van der Waals surface area (Å²) in [4.78, 5) is 15.3. The minimum atomic E-state index is -3.64. The van der Waals surface area contributed by atoms with Crippen LogP contribution < -0.4 is 4.18 Å². The van der Waals surface area contributed by atoms with Crippen LogP contribution in [0, 0.1) is 0 Å². The summed E-state index contributed by atoms with van der Waals surface area (Å²) in [6, 6.07) is 23.7. The highest BCUT2D eigenvalue weighted by atomic mass is 32.2. The molecule has 1 heterocycles. The van der Waals surface area contributed by atoms with E-state index in [1.165, 1.54) is 6.92 Å². The zero-order chi connectivity index (χ0) is 22.6. The summed E-state index contributed by atoms with van der Waals surface area (Å²) in [6.45, 7) is 2.05. The molecule has 7 heteroatoms. The molecule has 4 aromatic rings. The Labute approximate surface area is 187 Å². The maximum atomic E-state index is 13.6. The van der Waals surface area contributed by atoms with Crippen LogP contribution in [-0.4, -0.2) is 25.0 Å². The van der Waals surface area contributed by atoms with Gasteiger partial charge in [-0.1, -0.05) is 48.5 Å². The van der Waals surface area contributed by atoms with Crippen LogP contribution in [0.4, 0.5) is 0 Å². The minimum absolute atomic E-state index is 0.124. The van der Waals surface area contributed by atoms with E-state index in [0.717, 1.165) is 16.3 Å². The maximum Gasteiger partial charge on any atom is 0.308 e. The normalized spacial score (nSPS) is 11.4. The van der Waals surface area contributed by atoms with Crippen LogP contribution in [0.25, 0.3) is 10.8 Å². The van der Waals surface area contributed by atoms with Crippen LogP contribution >= 0.6 is 0 Å². The summed E-state index contributed by atoms with van der Waals surface area (Å²) in [5.41, 5.74) is 1.34. The third kappa shape index (κ3) is 5.00. The number of furan rings is 1. The fourth-order valence-corrected chi connectivity index (χ4v) is 4.01. The van der Waals surface area contributed by atoms with E-state index in [0.29, 0.717) is 11.3 Å². The SMILES string of the molecule is CCS(=O)(=O)Oc1cccc(CN(Cc2ccco2)C(=O)c2cccc3ccccc23)c1. The number of carbonyl (C=O) groups is 1. The van der Waals surface area contributed by atoms with Gasteiger partial charge in [-0.15, -0.1) is 0 Å². The first-order chi connectivity index (χ1) is 15.4. The highest BCUT2D eigenvalue weighted by Gasteiger charge is 2.20. The highest BCUT2D eigenvalue weighted by molar-refractivity contribution is 7.87. The molecule has 0 aliphatic carbocycles. The molecular weight excluding hydrogens is 426 g/mol. The minimum Gasteiger partial charge on any atom is -0.467 e. The van der Waals surface area contributed by atoms with E-state index in [-0.39, 0.29) is 30.5 Å². The van der Waals surface area contributed by atoms with Crippen LogP contribution in [0.3, 0.4) is 0 Å². The Kier molecular flexibility index (Phi) is 6.28. The van der Waals surface area contributed by atoms with Gasteiger partial charge in [-0.25, -0.2) is 0 Å². The molecule has 1 aromatic heterocycles. The molecule has 164 valence electrons. The van der Waals surface area contributed by atoms with E-state index in [1.807, 2.05) is 54.6 Å². The van der Waals surface area contributed by atoms with E-state index in [2.05, 4.69) is 0 Å². The van der Waals surface area contributed by atoms with Crippen molar-refractivity contribution in [2.24, 2.45) is 0 Å². The number of fused-ring (bicyclic) bond motifs is 1. The van der Waals surface area contributed by atoms with Crippen molar-refractivity contribution in [2.75, 3.05) is 5.75 Å². The molecule has 0 aliphatic heterocycles. The zero-order valence-electron chi connectivity index (χ0n) is 17.6. The van der Waals surface area contributed by atoms with E-state index < -0.39 is 10.1 Å². The van der Waals surface area contributed by atoms with Crippen molar-refractivity contribution in [1.82, 2.24) is 4.90 Å². The van der Waals surface area contributed by atoms with Gasteiger partial charge >= 0.3 is 10.1 Å². The summed E-state index contributed by atoms with van der Waals surface area (Å²) in [5, 5.41) is 1.85. The average Bonchev–Trinajstić information content (AvgIpc) is 3.31. The number of hydrogen-bond acceptors (Lipinski definition) is 5. The van der Waals surface area contributed by atoms with Crippen LogP contribution in [0.2, 0.25) is 0 Å². The van der Waals surface area contributed by atoms with Crippen molar-refractivity contribution in [3.05, 3.63) is 102 Å². The predicted molar refractivity (Wildman–Crippen MR) is 123 cm³/mol. The highest BCUT2D eigenvalue weighted by Crippen LogP contribution is 2.23. The van der Waals surface area contributed by atoms with Gasteiger partial charge in [0.15, 0.2) is 0 Å². The Morgan fingerprint density at radius 3 is 2.50 bits per heavy atom. The second-order valence-electron chi connectivity index (χ2n) is 7.34. The quantitative estimate of drug-likeness (QED) is 0.354. The van der Waals surface area contributed by atoms with Gasteiger partial charge in [0, 0.05) is 12.1 Å². The Balaban J connectivity index is 1.66. The van der Waals surface area contributed by atoms with Crippen LogP contribution in [-0.2, 0) is 23.2 Å². The molecule has 4 rings (SSSR count). The van der Waals surface area contributed by atoms with Crippen molar-refractivity contribution < 1.29 is 21.8 Å². The third-order valence-electron chi connectivity index (χ3n) is 5.08.